The van der Waals surface area contributed by atoms with Crippen molar-refractivity contribution in [3.05, 3.63) is 36.7 Å². The summed E-state index contributed by atoms with van der Waals surface area (Å²) in [6.07, 6.45) is 2.18. The molecule has 1 atom stereocenters. The summed E-state index contributed by atoms with van der Waals surface area (Å²) >= 11 is 1.62. The monoisotopic (exact) mass is 389 g/mol. The molecule has 0 N–H and O–H groups in total. The minimum Gasteiger partial charge on any atom is -0.497 e. The summed E-state index contributed by atoms with van der Waals surface area (Å²) in [5, 5.41) is 0. The van der Waals surface area contributed by atoms with E-state index in [0.29, 0.717) is 6.42 Å². The molecule has 4 rings (SSSR count). The molecule has 0 amide bonds. The van der Waals surface area contributed by atoms with Crippen LogP contribution in [0.25, 0.3) is 20.7 Å². The highest BCUT2D eigenvalue weighted by Crippen LogP contribution is 2.38. The van der Waals surface area contributed by atoms with Crippen LogP contribution in [0.4, 0.5) is 5.82 Å². The fraction of sp³-hybridized carbons (Fsp3) is 0.333. The zero-order chi connectivity index (χ0) is 18.3. The molecule has 26 heavy (non-hydrogen) atoms. The number of hydrogen-bond donors (Lipinski definition) is 0. The van der Waals surface area contributed by atoms with Crippen molar-refractivity contribution in [2.75, 3.05) is 30.6 Å². The second-order valence-electron chi connectivity index (χ2n) is 6.42. The molecule has 0 aliphatic carbocycles. The lowest BCUT2D eigenvalue weighted by Gasteiger charge is -2.24. The number of rotatable bonds is 4. The Labute approximate surface area is 156 Å². The maximum Gasteiger partial charge on any atom is 0.152 e. The predicted octanol–water partition coefficient (Wildman–Crippen LogP) is 2.99. The Kier molecular flexibility index (Phi) is 4.32. The molecule has 1 fully saturated rings. The van der Waals surface area contributed by atoms with Crippen molar-refractivity contribution in [3.8, 4) is 16.2 Å². The Hall–Kier alpha value is -2.19. The van der Waals surface area contributed by atoms with E-state index in [4.69, 9.17) is 4.74 Å². The first kappa shape index (κ1) is 17.2. The van der Waals surface area contributed by atoms with Gasteiger partial charge in [-0.15, -0.1) is 11.3 Å². The van der Waals surface area contributed by atoms with Crippen molar-refractivity contribution in [1.29, 1.82) is 0 Å². The van der Waals surface area contributed by atoms with Crippen molar-refractivity contribution in [3.63, 3.8) is 0 Å². The first-order valence-electron chi connectivity index (χ1n) is 8.29. The molecule has 1 unspecified atom stereocenters. The van der Waals surface area contributed by atoms with E-state index in [-0.39, 0.29) is 17.5 Å². The van der Waals surface area contributed by atoms with Gasteiger partial charge in [0.15, 0.2) is 9.84 Å². The Morgan fingerprint density at radius 1 is 1.23 bits per heavy atom. The smallest absolute Gasteiger partial charge is 0.152 e. The maximum absolute atomic E-state index is 11.8. The van der Waals surface area contributed by atoms with Crippen LogP contribution in [0.3, 0.4) is 0 Å². The summed E-state index contributed by atoms with van der Waals surface area (Å²) in [4.78, 5) is 11.9. The highest BCUT2D eigenvalue weighted by Gasteiger charge is 2.32. The van der Waals surface area contributed by atoms with Gasteiger partial charge in [0.25, 0.3) is 0 Å². The van der Waals surface area contributed by atoms with Gasteiger partial charge >= 0.3 is 0 Å². The number of benzene rings is 1. The van der Waals surface area contributed by atoms with E-state index in [2.05, 4.69) is 9.97 Å². The summed E-state index contributed by atoms with van der Waals surface area (Å²) in [6.45, 7) is 0. The number of anilines is 1. The van der Waals surface area contributed by atoms with Crippen LogP contribution in [0.15, 0.2) is 36.7 Å². The van der Waals surface area contributed by atoms with Crippen LogP contribution >= 0.6 is 11.3 Å². The lowest BCUT2D eigenvalue weighted by molar-refractivity contribution is 0.415. The molecule has 136 valence electrons. The predicted molar refractivity (Wildman–Crippen MR) is 105 cm³/mol. The zero-order valence-corrected chi connectivity index (χ0v) is 16.2. The van der Waals surface area contributed by atoms with Crippen molar-refractivity contribution in [2.45, 2.75) is 12.5 Å². The van der Waals surface area contributed by atoms with E-state index in [0.717, 1.165) is 32.2 Å². The van der Waals surface area contributed by atoms with Gasteiger partial charge in [-0.1, -0.05) is 0 Å². The molecule has 0 bridgehead atoms. The van der Waals surface area contributed by atoms with Gasteiger partial charge < -0.3 is 9.64 Å². The van der Waals surface area contributed by atoms with Crippen molar-refractivity contribution >= 4 is 37.2 Å². The third kappa shape index (κ3) is 3.14. The van der Waals surface area contributed by atoms with Crippen LogP contribution in [0, 0.1) is 0 Å². The van der Waals surface area contributed by atoms with Crippen LogP contribution in [0.1, 0.15) is 6.42 Å². The summed E-state index contributed by atoms with van der Waals surface area (Å²) in [6, 6.07) is 9.91. The highest BCUT2D eigenvalue weighted by molar-refractivity contribution is 7.91. The second kappa shape index (κ2) is 6.51. The molecule has 8 heteroatoms. The highest BCUT2D eigenvalue weighted by atomic mass is 32.2. The first-order chi connectivity index (χ1) is 12.5. The van der Waals surface area contributed by atoms with Crippen LogP contribution in [-0.2, 0) is 9.84 Å². The number of aromatic nitrogens is 2. The average Bonchev–Trinajstić information content (AvgIpc) is 3.24. The van der Waals surface area contributed by atoms with Gasteiger partial charge in [0.05, 0.1) is 28.8 Å². The van der Waals surface area contributed by atoms with Gasteiger partial charge in [-0.3, -0.25) is 0 Å². The third-order valence-electron chi connectivity index (χ3n) is 4.76. The van der Waals surface area contributed by atoms with Gasteiger partial charge in [-0.05, 0) is 42.3 Å². The van der Waals surface area contributed by atoms with Gasteiger partial charge in [0.2, 0.25) is 0 Å². The van der Waals surface area contributed by atoms with Gasteiger partial charge in [-0.25, -0.2) is 18.4 Å². The zero-order valence-electron chi connectivity index (χ0n) is 14.5. The van der Waals surface area contributed by atoms with Crippen LogP contribution in [-0.4, -0.2) is 50.1 Å². The largest absolute Gasteiger partial charge is 0.497 e. The topological polar surface area (TPSA) is 72.4 Å². The summed E-state index contributed by atoms with van der Waals surface area (Å²) in [7, 11) is 0.625. The quantitative estimate of drug-likeness (QED) is 0.683. The average molecular weight is 390 g/mol. The van der Waals surface area contributed by atoms with E-state index in [1.807, 2.05) is 42.3 Å². The molecule has 1 aliphatic heterocycles. The normalized spacial score (nSPS) is 18.9. The molecule has 0 radical (unpaired) electrons. The van der Waals surface area contributed by atoms with Gasteiger partial charge in [-0.2, -0.15) is 0 Å². The first-order valence-corrected chi connectivity index (χ1v) is 10.9. The maximum atomic E-state index is 11.8. The number of hydrogen-bond acceptors (Lipinski definition) is 7. The number of nitrogens with zero attached hydrogens (tertiary/aromatic N) is 3. The fourth-order valence-corrected chi connectivity index (χ4v) is 6.17. The standard InChI is InChI=1S/C18H19N3O3S2/c1-21(13-7-8-26(22,23)10-13)18-17-15(19-11-20-18)9-16(25-17)12-3-5-14(24-2)6-4-12/h3-6,9,11,13H,7-8,10H2,1-2H3. The van der Waals surface area contributed by atoms with Crippen LogP contribution in [0.5, 0.6) is 5.75 Å². The summed E-state index contributed by atoms with van der Waals surface area (Å²) in [5.74, 6) is 2.04. The lowest BCUT2D eigenvalue weighted by atomic mass is 10.2. The van der Waals surface area contributed by atoms with Crippen LogP contribution in [0.2, 0.25) is 0 Å². The summed E-state index contributed by atoms with van der Waals surface area (Å²) < 4.78 is 29.8. The van der Waals surface area contributed by atoms with E-state index >= 15 is 0 Å². The summed E-state index contributed by atoms with van der Waals surface area (Å²) in [5.41, 5.74) is 1.96. The minimum absolute atomic E-state index is 0.0374. The Morgan fingerprint density at radius 3 is 2.65 bits per heavy atom. The molecule has 3 aromatic rings. The third-order valence-corrected chi connectivity index (χ3v) is 7.68. The van der Waals surface area contributed by atoms with Gasteiger partial charge in [0, 0.05) is 18.0 Å². The van der Waals surface area contributed by atoms with E-state index in [1.54, 1.807) is 24.8 Å². The Morgan fingerprint density at radius 2 is 2.00 bits per heavy atom. The molecule has 2 aromatic heterocycles. The number of sulfone groups is 1. The number of methoxy groups -OCH3 is 1. The fourth-order valence-electron chi connectivity index (χ4n) is 3.24. The lowest BCUT2D eigenvalue weighted by Crippen LogP contribution is -2.33. The van der Waals surface area contributed by atoms with Crippen molar-refractivity contribution < 1.29 is 13.2 Å². The molecule has 1 saturated heterocycles. The van der Waals surface area contributed by atoms with E-state index in [1.165, 1.54) is 0 Å². The SMILES string of the molecule is COc1ccc(-c2cc3ncnc(N(C)C4CCS(=O)(=O)C4)c3s2)cc1. The molecule has 3 heterocycles. The Bertz CT molecular complexity index is 1050. The number of ether oxygens (including phenoxy) is 1. The van der Waals surface area contributed by atoms with Crippen molar-refractivity contribution in [1.82, 2.24) is 9.97 Å². The van der Waals surface area contributed by atoms with Gasteiger partial charge in [0.1, 0.15) is 17.9 Å². The molecule has 0 saturated carbocycles. The molecule has 1 aliphatic rings. The number of thiophene rings is 1. The molecular weight excluding hydrogens is 370 g/mol. The molecule has 0 spiro atoms. The Balaban J connectivity index is 1.71. The van der Waals surface area contributed by atoms with Crippen LogP contribution < -0.4 is 9.64 Å². The second-order valence-corrected chi connectivity index (χ2v) is 9.70. The molecule has 6 nitrogen and oxygen atoms in total. The van der Waals surface area contributed by atoms with Crippen molar-refractivity contribution in [2.24, 2.45) is 0 Å². The molecular formula is C18H19N3O3S2. The molecule has 1 aromatic carbocycles. The number of fused-ring (bicyclic) bond motifs is 1. The van der Waals surface area contributed by atoms with E-state index < -0.39 is 9.84 Å². The minimum atomic E-state index is -2.94. The van der Waals surface area contributed by atoms with E-state index in [9.17, 15) is 8.42 Å².